The van der Waals surface area contributed by atoms with E-state index in [-0.39, 0.29) is 11.6 Å². The first-order chi connectivity index (χ1) is 12.0. The van der Waals surface area contributed by atoms with Crippen LogP contribution in [0.25, 0.3) is 22.0 Å². The van der Waals surface area contributed by atoms with Crippen molar-refractivity contribution >= 4 is 34.2 Å². The number of aromatic nitrogens is 1. The molecule has 5 nitrogen and oxygen atoms in total. The maximum atomic E-state index is 12.0. The minimum absolute atomic E-state index is 0.178. The zero-order valence-electron chi connectivity index (χ0n) is 13.7. The molecule has 1 amide bonds. The van der Waals surface area contributed by atoms with Crippen molar-refractivity contribution in [3.63, 3.8) is 0 Å². The molecule has 0 bridgehead atoms. The van der Waals surface area contributed by atoms with Crippen LogP contribution in [0.3, 0.4) is 0 Å². The van der Waals surface area contributed by atoms with Crippen molar-refractivity contribution in [1.29, 1.82) is 0 Å². The number of nitrogens with one attached hydrogen (secondary N) is 1. The summed E-state index contributed by atoms with van der Waals surface area (Å²) >= 11 is 6.36. The maximum Gasteiger partial charge on any atom is 0.356 e. The second-order valence-corrected chi connectivity index (χ2v) is 5.75. The molecule has 0 spiro atoms. The summed E-state index contributed by atoms with van der Waals surface area (Å²) in [6, 6.07) is 14.1. The van der Waals surface area contributed by atoms with Crippen LogP contribution in [-0.4, -0.2) is 31.0 Å². The number of halogens is 1. The van der Waals surface area contributed by atoms with Crippen LogP contribution in [0.2, 0.25) is 5.02 Å². The summed E-state index contributed by atoms with van der Waals surface area (Å²) in [6.45, 7) is 0. The Balaban J connectivity index is 2.31. The molecule has 0 aliphatic rings. The number of nitrogens with zero attached hydrogens (tertiary/aromatic N) is 1. The highest BCUT2D eigenvalue weighted by molar-refractivity contribution is 6.33. The van der Waals surface area contributed by atoms with E-state index >= 15 is 0 Å². The molecule has 126 valence electrons. The Hall–Kier alpha value is -2.92. The molecule has 1 heterocycles. The van der Waals surface area contributed by atoms with E-state index < -0.39 is 5.97 Å². The highest BCUT2D eigenvalue weighted by atomic mass is 35.5. The lowest BCUT2D eigenvalue weighted by molar-refractivity contribution is 0.0594. The number of rotatable bonds is 3. The summed E-state index contributed by atoms with van der Waals surface area (Å²) < 4.78 is 4.79. The van der Waals surface area contributed by atoms with Gasteiger partial charge in [0.15, 0.2) is 0 Å². The number of fused-ring (bicyclic) bond motifs is 1. The molecule has 0 atom stereocenters. The van der Waals surface area contributed by atoms with E-state index in [9.17, 15) is 9.59 Å². The predicted molar refractivity (Wildman–Crippen MR) is 96.9 cm³/mol. The summed E-state index contributed by atoms with van der Waals surface area (Å²) in [4.78, 5) is 28.3. The smallest absolute Gasteiger partial charge is 0.356 e. The fourth-order valence-corrected chi connectivity index (χ4v) is 2.81. The number of hydrogen-bond donors (Lipinski definition) is 1. The average molecular weight is 355 g/mol. The Labute approximate surface area is 149 Å². The van der Waals surface area contributed by atoms with Crippen LogP contribution in [0.4, 0.5) is 0 Å². The van der Waals surface area contributed by atoms with Crippen molar-refractivity contribution in [2.24, 2.45) is 0 Å². The standard InChI is InChI=1S/C19H15ClN2O3/c1-21-18(23)12-7-8-15(20)14(9-12)17-13-6-4-3-5-11(13)10-16(22-17)19(24)25-2/h3-10H,1-2H3,(H,21,23). The molecule has 3 rings (SSSR count). The van der Waals surface area contributed by atoms with Crippen LogP contribution in [0, 0.1) is 0 Å². The lowest BCUT2D eigenvalue weighted by Gasteiger charge is -2.11. The molecule has 0 saturated heterocycles. The van der Waals surface area contributed by atoms with Gasteiger partial charge in [-0.25, -0.2) is 9.78 Å². The highest BCUT2D eigenvalue weighted by Crippen LogP contribution is 2.33. The molecule has 25 heavy (non-hydrogen) atoms. The fraction of sp³-hybridized carbons (Fsp3) is 0.105. The zero-order valence-corrected chi connectivity index (χ0v) is 14.4. The largest absolute Gasteiger partial charge is 0.464 e. The Kier molecular flexibility index (Phi) is 4.67. The van der Waals surface area contributed by atoms with Crippen LogP contribution >= 0.6 is 11.6 Å². The Bertz CT molecular complexity index is 986. The van der Waals surface area contributed by atoms with Crippen LogP contribution in [0.5, 0.6) is 0 Å². The zero-order chi connectivity index (χ0) is 18.0. The minimum Gasteiger partial charge on any atom is -0.464 e. The first kappa shape index (κ1) is 16.9. The predicted octanol–water partition coefficient (Wildman–Crippen LogP) is 3.70. The molecule has 1 aromatic heterocycles. The van der Waals surface area contributed by atoms with Gasteiger partial charge < -0.3 is 10.1 Å². The summed E-state index contributed by atoms with van der Waals surface area (Å²) in [5, 5.41) is 4.67. The van der Waals surface area contributed by atoms with E-state index in [0.717, 1.165) is 10.8 Å². The van der Waals surface area contributed by atoms with E-state index in [4.69, 9.17) is 16.3 Å². The van der Waals surface area contributed by atoms with Gasteiger partial charge in [-0.05, 0) is 29.7 Å². The summed E-state index contributed by atoms with van der Waals surface area (Å²) in [6.07, 6.45) is 0. The SMILES string of the molecule is CNC(=O)c1ccc(Cl)c(-c2nc(C(=O)OC)cc3ccccc23)c1. The number of ether oxygens (including phenoxy) is 1. The minimum atomic E-state index is -0.536. The van der Waals surface area contributed by atoms with Crippen LogP contribution < -0.4 is 5.32 Å². The molecule has 2 aromatic carbocycles. The molecule has 0 fully saturated rings. The number of benzene rings is 2. The molecular weight excluding hydrogens is 340 g/mol. The van der Waals surface area contributed by atoms with Gasteiger partial charge in [-0.15, -0.1) is 0 Å². The van der Waals surface area contributed by atoms with Gasteiger partial charge in [-0.3, -0.25) is 4.79 Å². The van der Waals surface area contributed by atoms with Gasteiger partial charge in [0.05, 0.1) is 17.8 Å². The second kappa shape index (κ2) is 6.91. The number of pyridine rings is 1. The van der Waals surface area contributed by atoms with Gasteiger partial charge in [0.1, 0.15) is 5.69 Å². The summed E-state index contributed by atoms with van der Waals surface area (Å²) in [5.41, 5.74) is 1.73. The van der Waals surface area contributed by atoms with E-state index in [1.165, 1.54) is 7.11 Å². The van der Waals surface area contributed by atoms with Crippen molar-refractivity contribution < 1.29 is 14.3 Å². The average Bonchev–Trinajstić information content (AvgIpc) is 2.66. The van der Waals surface area contributed by atoms with E-state index in [1.54, 1.807) is 31.3 Å². The Morgan fingerprint density at radius 1 is 1.12 bits per heavy atom. The van der Waals surface area contributed by atoms with E-state index in [1.807, 2.05) is 24.3 Å². The highest BCUT2D eigenvalue weighted by Gasteiger charge is 2.17. The summed E-state index contributed by atoms with van der Waals surface area (Å²) in [7, 11) is 2.86. The number of methoxy groups -OCH3 is 1. The number of carbonyl (C=O) groups is 2. The molecule has 1 N–H and O–H groups in total. The lowest BCUT2D eigenvalue weighted by atomic mass is 10.0. The van der Waals surface area contributed by atoms with Gasteiger partial charge >= 0.3 is 5.97 Å². The Morgan fingerprint density at radius 3 is 2.60 bits per heavy atom. The van der Waals surface area contributed by atoms with Gasteiger partial charge in [0, 0.05) is 23.6 Å². The third kappa shape index (κ3) is 3.19. The monoisotopic (exact) mass is 354 g/mol. The van der Waals surface area contributed by atoms with E-state index in [2.05, 4.69) is 10.3 Å². The normalized spacial score (nSPS) is 10.5. The van der Waals surface area contributed by atoms with Crippen molar-refractivity contribution in [1.82, 2.24) is 10.3 Å². The Morgan fingerprint density at radius 2 is 1.88 bits per heavy atom. The first-order valence-electron chi connectivity index (χ1n) is 7.55. The van der Waals surface area contributed by atoms with Gasteiger partial charge in [0.2, 0.25) is 0 Å². The second-order valence-electron chi connectivity index (χ2n) is 5.34. The van der Waals surface area contributed by atoms with Crippen LogP contribution in [0.1, 0.15) is 20.8 Å². The lowest BCUT2D eigenvalue weighted by Crippen LogP contribution is -2.17. The molecule has 6 heteroatoms. The van der Waals surface area contributed by atoms with Gasteiger partial charge in [-0.2, -0.15) is 0 Å². The number of hydrogen-bond acceptors (Lipinski definition) is 4. The van der Waals surface area contributed by atoms with E-state index in [0.29, 0.717) is 21.8 Å². The topological polar surface area (TPSA) is 68.3 Å². The quantitative estimate of drug-likeness (QED) is 0.728. The van der Waals surface area contributed by atoms with Gasteiger partial charge in [-0.1, -0.05) is 35.9 Å². The molecule has 0 unspecified atom stereocenters. The van der Waals surface area contributed by atoms with Gasteiger partial charge in [0.25, 0.3) is 5.91 Å². The van der Waals surface area contributed by atoms with Crippen LogP contribution in [0.15, 0.2) is 48.5 Å². The molecule has 0 saturated carbocycles. The number of esters is 1. The molecule has 0 aliphatic heterocycles. The third-order valence-corrected chi connectivity index (χ3v) is 4.18. The molecule has 0 aliphatic carbocycles. The molecular formula is C19H15ClN2O3. The molecule has 0 radical (unpaired) electrons. The first-order valence-corrected chi connectivity index (χ1v) is 7.93. The van der Waals surface area contributed by atoms with Crippen molar-refractivity contribution in [2.45, 2.75) is 0 Å². The number of carbonyl (C=O) groups excluding carboxylic acids is 2. The fourth-order valence-electron chi connectivity index (χ4n) is 2.61. The maximum absolute atomic E-state index is 12.0. The van der Waals surface area contributed by atoms with Crippen LogP contribution in [-0.2, 0) is 4.74 Å². The number of amides is 1. The van der Waals surface area contributed by atoms with Crippen molar-refractivity contribution in [3.05, 3.63) is 64.8 Å². The summed E-state index contributed by atoms with van der Waals surface area (Å²) in [5.74, 6) is -0.767. The molecule has 3 aromatic rings. The third-order valence-electron chi connectivity index (χ3n) is 3.85. The van der Waals surface area contributed by atoms with Crippen molar-refractivity contribution in [3.8, 4) is 11.3 Å². The van der Waals surface area contributed by atoms with Crippen molar-refractivity contribution in [2.75, 3.05) is 14.2 Å².